The van der Waals surface area contributed by atoms with Crippen LogP contribution in [0.15, 0.2) is 42.9 Å². The van der Waals surface area contributed by atoms with Crippen LogP contribution in [0.4, 0.5) is 0 Å². The number of hydrogen-bond donors (Lipinski definition) is 2. The van der Waals surface area contributed by atoms with Gasteiger partial charge >= 0.3 is 0 Å². The first-order chi connectivity index (χ1) is 13.0. The second-order valence-electron chi connectivity index (χ2n) is 8.91. The molecule has 0 unspecified atom stereocenters. The van der Waals surface area contributed by atoms with Crippen molar-refractivity contribution in [3.05, 3.63) is 54.1 Å². The Morgan fingerprint density at radius 1 is 1.26 bits per heavy atom. The van der Waals surface area contributed by atoms with Gasteiger partial charge in [0, 0.05) is 38.4 Å². The van der Waals surface area contributed by atoms with Gasteiger partial charge in [-0.1, -0.05) is 44.2 Å². The van der Waals surface area contributed by atoms with Gasteiger partial charge in [-0.25, -0.2) is 4.98 Å². The Morgan fingerprint density at radius 2 is 2.04 bits per heavy atom. The minimum Gasteiger partial charge on any atom is -0.394 e. The minimum atomic E-state index is -0.209. The summed E-state index contributed by atoms with van der Waals surface area (Å²) in [5.74, 6) is 1.49. The molecule has 2 aliphatic heterocycles. The number of aliphatic hydroxyl groups excluding tert-OH is 1. The number of aryl methyl sites for hydroxylation is 1. The zero-order valence-electron chi connectivity index (χ0n) is 16.7. The summed E-state index contributed by atoms with van der Waals surface area (Å²) < 4.78 is 2.12. The van der Waals surface area contributed by atoms with Crippen LogP contribution in [-0.2, 0) is 13.6 Å². The van der Waals surface area contributed by atoms with Crippen molar-refractivity contribution in [2.45, 2.75) is 38.4 Å². The second-order valence-corrected chi connectivity index (χ2v) is 8.91. The molecule has 2 saturated heterocycles. The number of aliphatic hydroxyl groups is 1. The Balaban J connectivity index is 1.62. The van der Waals surface area contributed by atoms with Crippen molar-refractivity contribution < 1.29 is 5.11 Å². The Kier molecular flexibility index (Phi) is 5.10. The monoisotopic (exact) mass is 368 g/mol. The highest BCUT2D eigenvalue weighted by Gasteiger charge is 2.57. The van der Waals surface area contributed by atoms with Crippen molar-refractivity contribution in [1.29, 1.82) is 0 Å². The molecular weight excluding hydrogens is 336 g/mol. The smallest absolute Gasteiger partial charge is 0.0946 e. The summed E-state index contributed by atoms with van der Waals surface area (Å²) >= 11 is 0. The van der Waals surface area contributed by atoms with Crippen molar-refractivity contribution in [1.82, 2.24) is 19.8 Å². The van der Waals surface area contributed by atoms with Crippen molar-refractivity contribution >= 4 is 0 Å². The number of likely N-dealkylation sites (tertiary alicyclic amines) is 1. The maximum absolute atomic E-state index is 10.5. The van der Waals surface area contributed by atoms with Crippen molar-refractivity contribution in [2.75, 3.05) is 19.7 Å². The molecule has 2 aliphatic rings. The maximum Gasteiger partial charge on any atom is 0.0946 e. The topological polar surface area (TPSA) is 53.3 Å². The van der Waals surface area contributed by atoms with Crippen LogP contribution in [0.25, 0.3) is 0 Å². The molecule has 2 N–H and O–H groups in total. The van der Waals surface area contributed by atoms with Gasteiger partial charge in [-0.3, -0.25) is 4.90 Å². The van der Waals surface area contributed by atoms with Crippen LogP contribution in [0.1, 0.15) is 37.6 Å². The van der Waals surface area contributed by atoms with E-state index in [0.29, 0.717) is 17.8 Å². The van der Waals surface area contributed by atoms with E-state index in [2.05, 4.69) is 71.0 Å². The molecule has 27 heavy (non-hydrogen) atoms. The Hall–Kier alpha value is -1.69. The average molecular weight is 369 g/mol. The van der Waals surface area contributed by atoms with Crippen LogP contribution in [0, 0.1) is 17.8 Å². The fraction of sp³-hybridized carbons (Fsp3) is 0.591. The van der Waals surface area contributed by atoms with Crippen LogP contribution >= 0.6 is 0 Å². The average Bonchev–Trinajstić information content (AvgIpc) is 3.32. The summed E-state index contributed by atoms with van der Waals surface area (Å²) in [7, 11) is 2.07. The van der Waals surface area contributed by atoms with E-state index >= 15 is 0 Å². The summed E-state index contributed by atoms with van der Waals surface area (Å²) in [5, 5.41) is 14.3. The predicted molar refractivity (Wildman–Crippen MR) is 107 cm³/mol. The fourth-order valence-corrected chi connectivity index (χ4v) is 5.46. The van der Waals surface area contributed by atoms with Crippen LogP contribution in [0.5, 0.6) is 0 Å². The molecule has 4 atom stereocenters. The molecule has 0 aliphatic carbocycles. The number of rotatable bonds is 6. The molecule has 0 saturated carbocycles. The molecule has 5 heteroatoms. The van der Waals surface area contributed by atoms with E-state index in [4.69, 9.17) is 0 Å². The van der Waals surface area contributed by atoms with Gasteiger partial charge in [0.2, 0.25) is 0 Å². The zero-order chi connectivity index (χ0) is 19.0. The molecule has 0 radical (unpaired) electrons. The third-order valence-electron chi connectivity index (χ3n) is 6.50. The van der Waals surface area contributed by atoms with Gasteiger partial charge in [0.1, 0.15) is 0 Å². The Morgan fingerprint density at radius 3 is 2.67 bits per heavy atom. The number of imidazole rings is 1. The summed E-state index contributed by atoms with van der Waals surface area (Å²) in [5.41, 5.74) is 2.38. The third-order valence-corrected chi connectivity index (χ3v) is 6.50. The minimum absolute atomic E-state index is 0.194. The lowest BCUT2D eigenvalue weighted by molar-refractivity contribution is 0.106. The van der Waals surface area contributed by atoms with E-state index in [1.54, 1.807) is 0 Å². The van der Waals surface area contributed by atoms with E-state index in [1.165, 1.54) is 11.3 Å². The summed E-state index contributed by atoms with van der Waals surface area (Å²) in [6.45, 7) is 7.77. The normalized spacial score (nSPS) is 30.9. The molecule has 0 amide bonds. The van der Waals surface area contributed by atoms with Gasteiger partial charge < -0.3 is 15.0 Å². The fourth-order valence-electron chi connectivity index (χ4n) is 5.46. The molecule has 1 aromatic carbocycles. The van der Waals surface area contributed by atoms with E-state index < -0.39 is 0 Å². The number of fused-ring (bicyclic) bond motifs is 1. The van der Waals surface area contributed by atoms with Gasteiger partial charge in [-0.05, 0) is 29.7 Å². The largest absolute Gasteiger partial charge is 0.394 e. The molecule has 4 rings (SSSR count). The quantitative estimate of drug-likeness (QED) is 0.823. The van der Waals surface area contributed by atoms with Gasteiger partial charge in [0.15, 0.2) is 0 Å². The highest BCUT2D eigenvalue weighted by atomic mass is 16.3. The van der Waals surface area contributed by atoms with E-state index in [1.807, 2.05) is 12.5 Å². The number of hydrogen-bond acceptors (Lipinski definition) is 4. The van der Waals surface area contributed by atoms with Gasteiger partial charge in [0.25, 0.3) is 0 Å². The van der Waals surface area contributed by atoms with Crippen LogP contribution < -0.4 is 5.32 Å². The number of benzene rings is 1. The number of nitrogens with zero attached hydrogens (tertiary/aromatic N) is 3. The first-order valence-electron chi connectivity index (χ1n) is 10.1. The van der Waals surface area contributed by atoms with Gasteiger partial charge in [-0.15, -0.1) is 0 Å². The summed E-state index contributed by atoms with van der Waals surface area (Å²) in [6.07, 6.45) is 4.86. The molecule has 0 spiro atoms. The van der Waals surface area contributed by atoms with E-state index in [0.717, 1.165) is 26.1 Å². The lowest BCUT2D eigenvalue weighted by Gasteiger charge is -2.36. The molecule has 2 aromatic rings. The number of aromatic nitrogens is 2. The van der Waals surface area contributed by atoms with Gasteiger partial charge in [-0.2, -0.15) is 0 Å². The van der Waals surface area contributed by atoms with Crippen LogP contribution in [0.3, 0.4) is 0 Å². The molecule has 2 fully saturated rings. The number of nitrogens with one attached hydrogen (secondary N) is 1. The molecule has 0 bridgehead atoms. The standard InChI is InChI=1S/C22H32N4O/c1-16(2)9-22(14-27)19-13-26(11-17-7-5-4-6-8-17)12-18(19)21(24-22)20-10-23-15-25(20)3/h4-8,10,15-16,18-19,21,24,27H,9,11-14H2,1-3H3/t18-,19+,21+,22+/m1/s1. The zero-order valence-corrected chi connectivity index (χ0v) is 16.7. The predicted octanol–water partition coefficient (Wildman–Crippen LogP) is 2.59. The lowest BCUT2D eigenvalue weighted by Crippen LogP contribution is -2.51. The van der Waals surface area contributed by atoms with Crippen molar-refractivity contribution in [3.63, 3.8) is 0 Å². The Labute approximate surface area is 162 Å². The summed E-state index contributed by atoms with van der Waals surface area (Å²) in [6, 6.07) is 11.0. The molecule has 146 valence electrons. The molecule has 1 aromatic heterocycles. The highest BCUT2D eigenvalue weighted by molar-refractivity contribution is 5.21. The highest BCUT2D eigenvalue weighted by Crippen LogP contribution is 2.49. The van der Waals surface area contributed by atoms with Crippen LogP contribution in [-0.4, -0.2) is 44.8 Å². The first-order valence-corrected chi connectivity index (χ1v) is 10.1. The maximum atomic E-state index is 10.5. The molecular formula is C22H32N4O. The van der Waals surface area contributed by atoms with Crippen LogP contribution in [0.2, 0.25) is 0 Å². The van der Waals surface area contributed by atoms with E-state index in [9.17, 15) is 5.11 Å². The molecule has 5 nitrogen and oxygen atoms in total. The first kappa shape index (κ1) is 18.7. The lowest BCUT2D eigenvalue weighted by atomic mass is 9.76. The SMILES string of the molecule is CC(C)C[C@@]1(CO)N[C@H](c2cncn2C)[C@@H]2CN(Cc3ccccc3)C[C@@H]21. The van der Waals surface area contributed by atoms with Crippen molar-refractivity contribution in [3.8, 4) is 0 Å². The second kappa shape index (κ2) is 7.38. The third kappa shape index (κ3) is 3.44. The van der Waals surface area contributed by atoms with Gasteiger partial charge in [0.05, 0.1) is 24.7 Å². The van der Waals surface area contributed by atoms with E-state index in [-0.39, 0.29) is 18.2 Å². The molecule has 3 heterocycles. The Bertz CT molecular complexity index is 759. The summed E-state index contributed by atoms with van der Waals surface area (Å²) in [4.78, 5) is 6.92. The van der Waals surface area contributed by atoms with Crippen molar-refractivity contribution in [2.24, 2.45) is 24.8 Å².